The Labute approximate surface area is 638 Å². The number of carbonyl (C=O) groups is 4. The standard InChI is InChI=1S/C85H166O17P2/c1-6-9-12-15-18-21-24-26-28-30-32-34-36-38-40-44-49-54-59-64-69-83(88)96-75-81(101-84(89)70-65-60-55-50-45-41-39-37-35-33-31-29-27-25-22-19-16-13-10-7-2)77-100-104(93,94)98-73-79(86)72-97-103(91,92)99-76-80(74-95-82(87)68-63-58-53-48-23-20-17-14-11-8-3)102-85(90)71-66-61-56-51-46-42-43-47-52-57-62-67-78(4)5/h78-81,86H,6-77H2,1-5H3,(H,91,92)(H,93,94)/t79-,80+,81+/m0/s1. The lowest BCUT2D eigenvalue weighted by Gasteiger charge is -2.21. The van der Waals surface area contributed by atoms with Crippen LogP contribution in [-0.2, 0) is 65.4 Å². The van der Waals surface area contributed by atoms with Gasteiger partial charge in [-0.15, -0.1) is 0 Å². The van der Waals surface area contributed by atoms with E-state index in [9.17, 15) is 43.2 Å². The molecule has 104 heavy (non-hydrogen) atoms. The summed E-state index contributed by atoms with van der Waals surface area (Å²) in [6, 6.07) is 0. The van der Waals surface area contributed by atoms with E-state index in [1.54, 1.807) is 0 Å². The first-order valence-electron chi connectivity index (χ1n) is 44.1. The lowest BCUT2D eigenvalue weighted by Crippen LogP contribution is -2.30. The van der Waals surface area contributed by atoms with Crippen molar-refractivity contribution in [3.63, 3.8) is 0 Å². The van der Waals surface area contributed by atoms with Crippen molar-refractivity contribution < 1.29 is 80.2 Å². The van der Waals surface area contributed by atoms with E-state index in [1.807, 2.05) is 0 Å². The maximum Gasteiger partial charge on any atom is 0.472 e. The molecule has 0 aromatic carbocycles. The molecule has 3 N–H and O–H groups in total. The van der Waals surface area contributed by atoms with Gasteiger partial charge in [0.25, 0.3) is 0 Å². The van der Waals surface area contributed by atoms with Crippen molar-refractivity contribution in [2.45, 2.75) is 477 Å². The summed E-state index contributed by atoms with van der Waals surface area (Å²) in [4.78, 5) is 73.1. The summed E-state index contributed by atoms with van der Waals surface area (Å²) in [7, 11) is -9.92. The summed E-state index contributed by atoms with van der Waals surface area (Å²) in [5, 5.41) is 10.7. The highest BCUT2D eigenvalue weighted by Crippen LogP contribution is 2.45. The number of carbonyl (C=O) groups excluding carboxylic acids is 4. The van der Waals surface area contributed by atoms with Crippen LogP contribution in [0.1, 0.15) is 458 Å². The fourth-order valence-corrected chi connectivity index (χ4v) is 14.9. The van der Waals surface area contributed by atoms with Gasteiger partial charge in [0.05, 0.1) is 26.4 Å². The van der Waals surface area contributed by atoms with Crippen LogP contribution in [0, 0.1) is 5.92 Å². The maximum atomic E-state index is 13.1. The number of rotatable bonds is 85. The Balaban J connectivity index is 5.21. The molecule has 2 unspecified atom stereocenters. The summed E-state index contributed by atoms with van der Waals surface area (Å²) in [5.74, 6) is -1.34. The highest BCUT2D eigenvalue weighted by Gasteiger charge is 2.30. The van der Waals surface area contributed by atoms with Crippen LogP contribution < -0.4 is 0 Å². The average Bonchev–Trinajstić information content (AvgIpc) is 0.910. The van der Waals surface area contributed by atoms with Gasteiger partial charge < -0.3 is 33.8 Å². The highest BCUT2D eigenvalue weighted by molar-refractivity contribution is 7.47. The Morgan fingerprint density at radius 2 is 0.442 bits per heavy atom. The zero-order chi connectivity index (χ0) is 76.2. The summed E-state index contributed by atoms with van der Waals surface area (Å²) < 4.78 is 68.8. The fraction of sp³-hybridized carbons (Fsp3) is 0.953. The van der Waals surface area contributed by atoms with Crippen molar-refractivity contribution in [2.75, 3.05) is 39.6 Å². The Hall–Kier alpha value is -1.94. The molecule has 0 aliphatic carbocycles. The minimum Gasteiger partial charge on any atom is -0.462 e. The Kier molecular flexibility index (Phi) is 76.3. The Bertz CT molecular complexity index is 1980. The fourth-order valence-electron chi connectivity index (χ4n) is 13.3. The molecule has 0 aromatic rings. The Morgan fingerprint density at radius 3 is 0.654 bits per heavy atom. The summed E-state index contributed by atoms with van der Waals surface area (Å²) in [5.41, 5.74) is 0. The van der Waals surface area contributed by atoms with Gasteiger partial charge in [0.15, 0.2) is 12.2 Å². The van der Waals surface area contributed by atoms with Crippen LogP contribution in [0.15, 0.2) is 0 Å². The van der Waals surface area contributed by atoms with Crippen molar-refractivity contribution in [3.05, 3.63) is 0 Å². The van der Waals surface area contributed by atoms with Crippen molar-refractivity contribution >= 4 is 39.5 Å². The van der Waals surface area contributed by atoms with E-state index in [0.29, 0.717) is 25.7 Å². The quantitative estimate of drug-likeness (QED) is 0.0222. The SMILES string of the molecule is CCCCCCCCCCCCCCCCCCCCCCC(=O)OC[C@H](COP(=O)(O)OC[C@@H](O)COP(=O)(O)OC[C@@H](COC(=O)CCCCCCCCCCCC)OC(=O)CCCCCCCCCCCCCC(C)C)OC(=O)CCCCCCCCCCCCCCCCCCCCCC. The molecule has 17 nitrogen and oxygen atoms in total. The number of unbranched alkanes of at least 4 members (excludes halogenated alkanes) is 57. The second-order valence-electron chi connectivity index (χ2n) is 31.1. The first kappa shape index (κ1) is 102. The van der Waals surface area contributed by atoms with Gasteiger partial charge in [-0.25, -0.2) is 9.13 Å². The van der Waals surface area contributed by atoms with E-state index >= 15 is 0 Å². The van der Waals surface area contributed by atoms with Gasteiger partial charge in [0.2, 0.25) is 0 Å². The molecule has 19 heteroatoms. The second kappa shape index (κ2) is 77.8. The zero-order valence-electron chi connectivity index (χ0n) is 68.2. The minimum atomic E-state index is -4.96. The number of hydrogen-bond acceptors (Lipinski definition) is 15. The normalized spacial score (nSPS) is 13.8. The second-order valence-corrected chi connectivity index (χ2v) is 34.0. The van der Waals surface area contributed by atoms with E-state index < -0.39 is 97.5 Å². The van der Waals surface area contributed by atoms with Gasteiger partial charge in [-0.05, 0) is 31.6 Å². The predicted octanol–water partition coefficient (Wildman–Crippen LogP) is 26.0. The molecule has 5 atom stereocenters. The molecule has 0 radical (unpaired) electrons. The number of phosphoric acid groups is 2. The highest BCUT2D eigenvalue weighted by atomic mass is 31.2. The lowest BCUT2D eigenvalue weighted by atomic mass is 10.0. The van der Waals surface area contributed by atoms with Gasteiger partial charge in [-0.3, -0.25) is 37.3 Å². The average molecular weight is 1520 g/mol. The molecule has 0 aliphatic rings. The molecule has 0 spiro atoms. The number of aliphatic hydroxyl groups excluding tert-OH is 1. The molecule has 0 bridgehead atoms. The van der Waals surface area contributed by atoms with Crippen LogP contribution in [0.5, 0.6) is 0 Å². The number of esters is 4. The molecule has 0 fully saturated rings. The molecule has 0 rings (SSSR count). The summed E-state index contributed by atoms with van der Waals surface area (Å²) in [6.07, 6.45) is 70.9. The molecule has 0 saturated carbocycles. The van der Waals surface area contributed by atoms with Crippen molar-refractivity contribution in [1.82, 2.24) is 0 Å². The first-order chi connectivity index (χ1) is 50.5. The molecular weight excluding hydrogens is 1350 g/mol. The van der Waals surface area contributed by atoms with Crippen molar-refractivity contribution in [3.8, 4) is 0 Å². The number of ether oxygens (including phenoxy) is 4. The summed E-state index contributed by atoms with van der Waals surface area (Å²) >= 11 is 0. The van der Waals surface area contributed by atoms with E-state index in [0.717, 1.165) is 95.8 Å². The number of aliphatic hydroxyl groups is 1. The number of phosphoric ester groups is 2. The monoisotopic (exact) mass is 1520 g/mol. The van der Waals surface area contributed by atoms with Crippen molar-refractivity contribution in [1.29, 1.82) is 0 Å². The van der Waals surface area contributed by atoms with Crippen LogP contribution >= 0.6 is 15.6 Å². The maximum absolute atomic E-state index is 13.1. The van der Waals surface area contributed by atoms with Crippen LogP contribution in [0.3, 0.4) is 0 Å². The molecule has 0 aromatic heterocycles. The topological polar surface area (TPSA) is 237 Å². The molecule has 0 aliphatic heterocycles. The van der Waals surface area contributed by atoms with E-state index in [2.05, 4.69) is 34.6 Å². The third-order valence-corrected chi connectivity index (χ3v) is 21.9. The lowest BCUT2D eigenvalue weighted by molar-refractivity contribution is -0.161. The van der Waals surface area contributed by atoms with Gasteiger partial charge in [0, 0.05) is 25.7 Å². The minimum absolute atomic E-state index is 0.107. The van der Waals surface area contributed by atoms with Gasteiger partial charge in [0.1, 0.15) is 19.3 Å². The summed E-state index contributed by atoms with van der Waals surface area (Å²) in [6.45, 7) is 7.34. The van der Waals surface area contributed by atoms with E-state index in [1.165, 1.54) is 283 Å². The first-order valence-corrected chi connectivity index (χ1v) is 47.1. The zero-order valence-corrected chi connectivity index (χ0v) is 70.0. The number of hydrogen-bond donors (Lipinski definition) is 3. The van der Waals surface area contributed by atoms with Crippen molar-refractivity contribution in [2.24, 2.45) is 5.92 Å². The third-order valence-electron chi connectivity index (χ3n) is 20.0. The third kappa shape index (κ3) is 78.2. The van der Waals surface area contributed by atoms with Crippen LogP contribution in [0.4, 0.5) is 0 Å². The molecule has 618 valence electrons. The molecule has 0 saturated heterocycles. The largest absolute Gasteiger partial charge is 0.472 e. The molecular formula is C85H166O17P2. The van der Waals surface area contributed by atoms with Gasteiger partial charge in [-0.2, -0.15) is 0 Å². The smallest absolute Gasteiger partial charge is 0.462 e. The van der Waals surface area contributed by atoms with E-state index in [-0.39, 0.29) is 25.7 Å². The van der Waals surface area contributed by atoms with Crippen LogP contribution in [-0.4, -0.2) is 96.7 Å². The molecule has 0 amide bonds. The van der Waals surface area contributed by atoms with E-state index in [4.69, 9.17) is 37.0 Å². The van der Waals surface area contributed by atoms with Crippen LogP contribution in [0.25, 0.3) is 0 Å². The Morgan fingerprint density at radius 1 is 0.260 bits per heavy atom. The van der Waals surface area contributed by atoms with Crippen LogP contribution in [0.2, 0.25) is 0 Å². The molecule has 0 heterocycles. The predicted molar refractivity (Wildman–Crippen MR) is 428 cm³/mol. The van der Waals surface area contributed by atoms with Gasteiger partial charge >= 0.3 is 39.5 Å². The van der Waals surface area contributed by atoms with Gasteiger partial charge in [-0.1, -0.05) is 407 Å².